The van der Waals surface area contributed by atoms with Crippen LogP contribution in [0.1, 0.15) is 36.6 Å². The predicted molar refractivity (Wildman–Crippen MR) is 77.6 cm³/mol. The molecule has 1 N–H and O–H groups in total. The van der Waals surface area contributed by atoms with Crippen molar-refractivity contribution < 1.29 is 9.90 Å². The van der Waals surface area contributed by atoms with E-state index in [0.29, 0.717) is 17.3 Å². The minimum atomic E-state index is -0.899. The number of hydrogen-bond acceptors (Lipinski definition) is 3. The van der Waals surface area contributed by atoms with Gasteiger partial charge in [-0.3, -0.25) is 14.8 Å². The Hall–Kier alpha value is -2.23. The van der Waals surface area contributed by atoms with Gasteiger partial charge in [0.1, 0.15) is 0 Å². The Morgan fingerprint density at radius 2 is 1.95 bits per heavy atom. The average molecular weight is 270 g/mol. The minimum Gasteiger partial charge on any atom is -0.481 e. The zero-order valence-electron chi connectivity index (χ0n) is 11.9. The second kappa shape index (κ2) is 5.82. The number of benzene rings is 1. The third kappa shape index (κ3) is 3.02. The normalized spacial score (nSPS) is 10.8. The van der Waals surface area contributed by atoms with Crippen LogP contribution in [0.15, 0.2) is 30.6 Å². The first-order valence-corrected chi connectivity index (χ1v) is 6.61. The van der Waals surface area contributed by atoms with E-state index in [4.69, 9.17) is 5.11 Å². The molecule has 0 saturated heterocycles. The molecule has 0 aliphatic heterocycles. The van der Waals surface area contributed by atoms with Crippen molar-refractivity contribution in [1.29, 1.82) is 0 Å². The van der Waals surface area contributed by atoms with Gasteiger partial charge in [0.15, 0.2) is 0 Å². The Bertz CT molecular complexity index is 636. The lowest BCUT2D eigenvalue weighted by Gasteiger charge is -2.12. The third-order valence-corrected chi connectivity index (χ3v) is 3.28. The molecule has 0 atom stereocenters. The van der Waals surface area contributed by atoms with Crippen LogP contribution in [-0.4, -0.2) is 21.0 Å². The Balaban J connectivity index is 2.56. The molecule has 0 amide bonds. The smallest absolute Gasteiger partial charge is 0.309 e. The predicted octanol–water partition coefficient (Wildman–Crippen LogP) is 3.20. The molecule has 104 valence electrons. The van der Waals surface area contributed by atoms with Gasteiger partial charge in [-0.2, -0.15) is 0 Å². The number of aryl methyl sites for hydroxylation is 1. The first-order chi connectivity index (χ1) is 9.49. The zero-order valence-corrected chi connectivity index (χ0v) is 11.9. The zero-order chi connectivity index (χ0) is 14.7. The van der Waals surface area contributed by atoms with E-state index in [1.807, 2.05) is 13.0 Å². The maximum absolute atomic E-state index is 10.9. The maximum atomic E-state index is 10.9. The van der Waals surface area contributed by atoms with E-state index in [2.05, 4.69) is 35.9 Å². The monoisotopic (exact) mass is 270 g/mol. The molecule has 0 fully saturated rings. The van der Waals surface area contributed by atoms with E-state index in [9.17, 15) is 4.79 Å². The summed E-state index contributed by atoms with van der Waals surface area (Å²) in [5.41, 5.74) is 4.40. The number of aliphatic carboxylic acids is 1. The summed E-state index contributed by atoms with van der Waals surface area (Å²) in [7, 11) is 0. The van der Waals surface area contributed by atoms with Crippen molar-refractivity contribution in [2.24, 2.45) is 0 Å². The second-order valence-electron chi connectivity index (χ2n) is 5.15. The van der Waals surface area contributed by atoms with Crippen LogP contribution in [-0.2, 0) is 11.2 Å². The van der Waals surface area contributed by atoms with Crippen LogP contribution in [0, 0.1) is 6.92 Å². The van der Waals surface area contributed by atoms with E-state index in [0.717, 1.165) is 11.1 Å². The topological polar surface area (TPSA) is 63.1 Å². The molecule has 2 aromatic rings. The van der Waals surface area contributed by atoms with Crippen molar-refractivity contribution >= 4 is 5.97 Å². The van der Waals surface area contributed by atoms with Crippen LogP contribution in [0.4, 0.5) is 0 Å². The van der Waals surface area contributed by atoms with E-state index in [1.165, 1.54) is 11.8 Å². The van der Waals surface area contributed by atoms with Crippen molar-refractivity contribution in [3.63, 3.8) is 0 Å². The molecule has 2 rings (SSSR count). The number of nitrogens with zero attached hydrogens (tertiary/aromatic N) is 2. The Kier molecular flexibility index (Phi) is 4.13. The van der Waals surface area contributed by atoms with Gasteiger partial charge in [-0.1, -0.05) is 26.0 Å². The summed E-state index contributed by atoms with van der Waals surface area (Å²) < 4.78 is 0. The third-order valence-electron chi connectivity index (χ3n) is 3.28. The van der Waals surface area contributed by atoms with Crippen LogP contribution in [0.3, 0.4) is 0 Å². The van der Waals surface area contributed by atoms with Crippen molar-refractivity contribution in [2.45, 2.75) is 33.1 Å². The molecule has 0 unspecified atom stereocenters. The van der Waals surface area contributed by atoms with E-state index in [-0.39, 0.29) is 6.42 Å². The standard InChI is InChI=1S/C16H18N2O2/c1-10(2)12-5-4-11(3)13(8-12)16-14(9-15(19)20)17-6-7-18-16/h4-8,10H,9H2,1-3H3,(H,19,20). The molecule has 0 radical (unpaired) electrons. The quantitative estimate of drug-likeness (QED) is 0.926. The molecule has 4 heteroatoms. The van der Waals surface area contributed by atoms with Crippen molar-refractivity contribution in [3.8, 4) is 11.3 Å². The molecule has 1 aromatic carbocycles. The van der Waals surface area contributed by atoms with Gasteiger partial charge >= 0.3 is 5.97 Å². The van der Waals surface area contributed by atoms with Gasteiger partial charge in [0.2, 0.25) is 0 Å². The molecule has 4 nitrogen and oxygen atoms in total. The van der Waals surface area contributed by atoms with Crippen LogP contribution in [0.2, 0.25) is 0 Å². The van der Waals surface area contributed by atoms with E-state index >= 15 is 0 Å². The lowest BCUT2D eigenvalue weighted by molar-refractivity contribution is -0.136. The first kappa shape index (κ1) is 14.2. The van der Waals surface area contributed by atoms with Crippen molar-refractivity contribution in [3.05, 3.63) is 47.4 Å². The highest BCUT2D eigenvalue weighted by molar-refractivity contribution is 5.75. The molecule has 0 bridgehead atoms. The highest BCUT2D eigenvalue weighted by atomic mass is 16.4. The van der Waals surface area contributed by atoms with Crippen molar-refractivity contribution in [2.75, 3.05) is 0 Å². The van der Waals surface area contributed by atoms with Gasteiger partial charge in [-0.15, -0.1) is 0 Å². The largest absolute Gasteiger partial charge is 0.481 e. The SMILES string of the molecule is Cc1ccc(C(C)C)cc1-c1nccnc1CC(=O)O. The lowest BCUT2D eigenvalue weighted by Crippen LogP contribution is -2.06. The highest BCUT2D eigenvalue weighted by Crippen LogP contribution is 2.27. The number of carboxylic acids is 1. The van der Waals surface area contributed by atoms with Gasteiger partial charge < -0.3 is 5.11 Å². The summed E-state index contributed by atoms with van der Waals surface area (Å²) in [6.45, 7) is 6.26. The summed E-state index contributed by atoms with van der Waals surface area (Å²) in [5.74, 6) is -0.488. The number of carbonyl (C=O) groups is 1. The fourth-order valence-electron chi connectivity index (χ4n) is 2.12. The van der Waals surface area contributed by atoms with Crippen LogP contribution < -0.4 is 0 Å². The number of aromatic nitrogens is 2. The Morgan fingerprint density at radius 3 is 2.60 bits per heavy atom. The molecule has 0 aliphatic rings. The highest BCUT2D eigenvalue weighted by Gasteiger charge is 2.14. The Labute approximate surface area is 118 Å². The molecule has 1 aromatic heterocycles. The molecule has 0 aliphatic carbocycles. The number of hydrogen-bond donors (Lipinski definition) is 1. The fourth-order valence-corrected chi connectivity index (χ4v) is 2.12. The summed E-state index contributed by atoms with van der Waals surface area (Å²) in [6.07, 6.45) is 3.01. The van der Waals surface area contributed by atoms with Gasteiger partial charge in [-0.05, 0) is 30.0 Å². The number of carboxylic acid groups (broad SMARTS) is 1. The summed E-state index contributed by atoms with van der Waals surface area (Å²) in [4.78, 5) is 19.4. The summed E-state index contributed by atoms with van der Waals surface area (Å²) >= 11 is 0. The molecule has 1 heterocycles. The molecular formula is C16H18N2O2. The van der Waals surface area contributed by atoms with Gasteiger partial charge in [0, 0.05) is 18.0 Å². The lowest BCUT2D eigenvalue weighted by atomic mass is 9.95. The van der Waals surface area contributed by atoms with Crippen LogP contribution in [0.25, 0.3) is 11.3 Å². The first-order valence-electron chi connectivity index (χ1n) is 6.61. The molecule has 0 saturated carbocycles. The Morgan fingerprint density at radius 1 is 1.25 bits per heavy atom. The van der Waals surface area contributed by atoms with Crippen LogP contribution in [0.5, 0.6) is 0 Å². The minimum absolute atomic E-state index is 0.117. The van der Waals surface area contributed by atoms with Crippen LogP contribution >= 0.6 is 0 Å². The van der Waals surface area contributed by atoms with E-state index < -0.39 is 5.97 Å². The molecule has 20 heavy (non-hydrogen) atoms. The summed E-state index contributed by atoms with van der Waals surface area (Å²) in [6, 6.07) is 6.22. The summed E-state index contributed by atoms with van der Waals surface area (Å²) in [5, 5.41) is 8.98. The molecule has 0 spiro atoms. The average Bonchev–Trinajstić information content (AvgIpc) is 2.39. The van der Waals surface area contributed by atoms with Gasteiger partial charge in [-0.25, -0.2) is 0 Å². The van der Waals surface area contributed by atoms with Crippen molar-refractivity contribution in [1.82, 2.24) is 9.97 Å². The van der Waals surface area contributed by atoms with Gasteiger partial charge in [0.25, 0.3) is 0 Å². The van der Waals surface area contributed by atoms with E-state index in [1.54, 1.807) is 6.20 Å². The second-order valence-corrected chi connectivity index (χ2v) is 5.15. The fraction of sp³-hybridized carbons (Fsp3) is 0.312. The maximum Gasteiger partial charge on any atom is 0.309 e. The molecular weight excluding hydrogens is 252 g/mol. The van der Waals surface area contributed by atoms with Gasteiger partial charge in [0.05, 0.1) is 17.8 Å². The number of rotatable bonds is 4.